The molecule has 1 aliphatic rings. The van der Waals surface area contributed by atoms with Crippen LogP contribution in [0.5, 0.6) is 11.5 Å². The van der Waals surface area contributed by atoms with Gasteiger partial charge in [0.25, 0.3) is 0 Å². The average Bonchev–Trinajstić information content (AvgIpc) is 2.94. The Labute approximate surface area is 147 Å². The molecule has 1 aromatic rings. The summed E-state index contributed by atoms with van der Waals surface area (Å²) < 4.78 is 15.5. The van der Waals surface area contributed by atoms with Crippen molar-refractivity contribution in [3.63, 3.8) is 0 Å². The zero-order valence-corrected chi connectivity index (χ0v) is 15.0. The van der Waals surface area contributed by atoms with Crippen molar-refractivity contribution in [2.45, 2.75) is 25.4 Å². The van der Waals surface area contributed by atoms with Gasteiger partial charge < -0.3 is 29.7 Å². The molecule has 1 saturated heterocycles. The number of benzene rings is 1. The zero-order valence-electron chi connectivity index (χ0n) is 15.0. The number of nitrogens with one attached hydrogen (secondary N) is 2. The zero-order chi connectivity index (χ0) is 18.4. The van der Waals surface area contributed by atoms with Crippen molar-refractivity contribution in [1.29, 1.82) is 0 Å². The molecule has 1 aliphatic heterocycles. The molecule has 0 saturated carbocycles. The second-order valence-corrected chi connectivity index (χ2v) is 5.92. The van der Waals surface area contributed by atoms with Gasteiger partial charge in [0.1, 0.15) is 0 Å². The Bertz CT molecular complexity index is 622. The highest BCUT2D eigenvalue weighted by Gasteiger charge is 2.32. The summed E-state index contributed by atoms with van der Waals surface area (Å²) in [4.78, 5) is 25.9. The van der Waals surface area contributed by atoms with E-state index in [-0.39, 0.29) is 30.4 Å². The quantitative estimate of drug-likeness (QED) is 0.769. The van der Waals surface area contributed by atoms with E-state index < -0.39 is 0 Å². The lowest BCUT2D eigenvalue weighted by Crippen LogP contribution is -2.47. The standard InChI is InChI=1S/C17H25N3O5/c1-11(10-23-2)18-17(22)19-12-7-16(21)20(9-12)13-5-6-14(24-3)15(8-13)25-4/h5-6,8,11-12H,7,9-10H2,1-4H3,(H2,18,19,22)/t11-,12-/m1/s1. The van der Waals surface area contributed by atoms with E-state index in [1.807, 2.05) is 6.92 Å². The number of hydrogen-bond donors (Lipinski definition) is 2. The van der Waals surface area contributed by atoms with Gasteiger partial charge in [-0.25, -0.2) is 4.79 Å². The van der Waals surface area contributed by atoms with Gasteiger partial charge in [-0.1, -0.05) is 0 Å². The summed E-state index contributed by atoms with van der Waals surface area (Å²) in [6.45, 7) is 2.67. The van der Waals surface area contributed by atoms with Gasteiger partial charge in [0.2, 0.25) is 5.91 Å². The number of hydrogen-bond acceptors (Lipinski definition) is 5. The highest BCUT2D eigenvalue weighted by atomic mass is 16.5. The summed E-state index contributed by atoms with van der Waals surface area (Å²) in [5, 5.41) is 5.59. The number of nitrogens with zero attached hydrogens (tertiary/aromatic N) is 1. The fourth-order valence-corrected chi connectivity index (χ4v) is 2.79. The van der Waals surface area contributed by atoms with E-state index in [9.17, 15) is 9.59 Å². The van der Waals surface area contributed by atoms with Crippen LogP contribution in [-0.2, 0) is 9.53 Å². The topological polar surface area (TPSA) is 89.1 Å². The molecular weight excluding hydrogens is 326 g/mol. The summed E-state index contributed by atoms with van der Waals surface area (Å²) in [5.74, 6) is 1.09. The van der Waals surface area contributed by atoms with Crippen molar-refractivity contribution >= 4 is 17.6 Å². The second-order valence-electron chi connectivity index (χ2n) is 5.92. The molecule has 2 atom stereocenters. The fraction of sp³-hybridized carbons (Fsp3) is 0.529. The first-order chi connectivity index (χ1) is 12.0. The van der Waals surface area contributed by atoms with Gasteiger partial charge in [0, 0.05) is 31.8 Å². The maximum Gasteiger partial charge on any atom is 0.315 e. The van der Waals surface area contributed by atoms with Crippen molar-refractivity contribution in [1.82, 2.24) is 10.6 Å². The Hall–Kier alpha value is -2.48. The van der Waals surface area contributed by atoms with E-state index in [0.29, 0.717) is 30.3 Å². The van der Waals surface area contributed by atoms with Crippen LogP contribution in [0, 0.1) is 0 Å². The molecule has 8 nitrogen and oxygen atoms in total. The fourth-order valence-electron chi connectivity index (χ4n) is 2.79. The third-order valence-corrected chi connectivity index (χ3v) is 3.93. The first-order valence-corrected chi connectivity index (χ1v) is 8.06. The number of anilines is 1. The van der Waals surface area contributed by atoms with Gasteiger partial charge in [0.15, 0.2) is 11.5 Å². The number of rotatable bonds is 7. The lowest BCUT2D eigenvalue weighted by Gasteiger charge is -2.19. The van der Waals surface area contributed by atoms with E-state index in [2.05, 4.69) is 10.6 Å². The van der Waals surface area contributed by atoms with Gasteiger partial charge in [-0.2, -0.15) is 0 Å². The molecule has 2 rings (SSSR count). The minimum absolute atomic E-state index is 0.0533. The number of carbonyl (C=O) groups is 2. The highest BCUT2D eigenvalue weighted by molar-refractivity contribution is 5.97. The Morgan fingerprint density at radius 1 is 1.28 bits per heavy atom. The average molecular weight is 351 g/mol. The van der Waals surface area contributed by atoms with Gasteiger partial charge in [-0.3, -0.25) is 4.79 Å². The minimum Gasteiger partial charge on any atom is -0.493 e. The van der Waals surface area contributed by atoms with Gasteiger partial charge in [0.05, 0.1) is 32.9 Å². The minimum atomic E-state index is -0.309. The second kappa shape index (κ2) is 8.57. The van der Waals surface area contributed by atoms with Crippen LogP contribution in [0.1, 0.15) is 13.3 Å². The Morgan fingerprint density at radius 2 is 2.00 bits per heavy atom. The summed E-state index contributed by atoms with van der Waals surface area (Å²) in [7, 11) is 4.68. The first kappa shape index (κ1) is 18.9. The predicted molar refractivity (Wildman–Crippen MR) is 93.3 cm³/mol. The van der Waals surface area contributed by atoms with E-state index in [0.717, 1.165) is 0 Å². The molecule has 1 heterocycles. The normalized spacial score (nSPS) is 18.0. The summed E-state index contributed by atoms with van der Waals surface area (Å²) in [5.41, 5.74) is 0.708. The Morgan fingerprint density at radius 3 is 2.64 bits per heavy atom. The predicted octanol–water partition coefficient (Wildman–Crippen LogP) is 1.14. The maximum atomic E-state index is 12.3. The molecule has 0 spiro atoms. The molecule has 0 bridgehead atoms. The van der Waals surface area contributed by atoms with E-state index in [4.69, 9.17) is 14.2 Å². The van der Waals surface area contributed by atoms with Crippen LogP contribution in [0.25, 0.3) is 0 Å². The van der Waals surface area contributed by atoms with Crippen molar-refractivity contribution < 1.29 is 23.8 Å². The lowest BCUT2D eigenvalue weighted by molar-refractivity contribution is -0.117. The third kappa shape index (κ3) is 4.76. The highest BCUT2D eigenvalue weighted by Crippen LogP contribution is 2.33. The molecule has 8 heteroatoms. The number of carbonyl (C=O) groups excluding carboxylic acids is 2. The number of urea groups is 1. The van der Waals surface area contributed by atoms with E-state index in [1.165, 1.54) is 0 Å². The molecule has 25 heavy (non-hydrogen) atoms. The number of ether oxygens (including phenoxy) is 3. The van der Waals surface area contributed by atoms with Crippen LogP contribution in [0.2, 0.25) is 0 Å². The Kier molecular flexibility index (Phi) is 6.46. The van der Waals surface area contributed by atoms with Gasteiger partial charge >= 0.3 is 6.03 Å². The third-order valence-electron chi connectivity index (χ3n) is 3.93. The molecule has 1 fully saturated rings. The largest absolute Gasteiger partial charge is 0.493 e. The summed E-state index contributed by atoms with van der Waals surface area (Å²) in [6.07, 6.45) is 0.250. The maximum absolute atomic E-state index is 12.3. The molecule has 0 radical (unpaired) electrons. The van der Waals surface area contributed by atoms with Crippen LogP contribution in [0.4, 0.5) is 10.5 Å². The molecule has 0 aliphatic carbocycles. The van der Waals surface area contributed by atoms with Crippen molar-refractivity contribution in [3.05, 3.63) is 18.2 Å². The number of methoxy groups -OCH3 is 3. The molecule has 0 unspecified atom stereocenters. The SMILES string of the molecule is COC[C@@H](C)NC(=O)N[C@@H]1CC(=O)N(c2ccc(OC)c(OC)c2)C1. The Balaban J connectivity index is 1.99. The van der Waals surface area contributed by atoms with Crippen LogP contribution in [-0.4, -0.2) is 58.5 Å². The van der Waals surface area contributed by atoms with Crippen molar-refractivity contribution in [3.8, 4) is 11.5 Å². The molecular formula is C17H25N3O5. The van der Waals surface area contributed by atoms with E-state index >= 15 is 0 Å². The van der Waals surface area contributed by atoms with Crippen LogP contribution in [0.3, 0.4) is 0 Å². The molecule has 3 amide bonds. The smallest absolute Gasteiger partial charge is 0.315 e. The lowest BCUT2D eigenvalue weighted by atomic mass is 10.2. The van der Waals surface area contributed by atoms with Crippen molar-refractivity contribution in [2.75, 3.05) is 39.4 Å². The molecule has 0 aromatic heterocycles. The first-order valence-electron chi connectivity index (χ1n) is 8.06. The summed E-state index contributed by atoms with van der Waals surface area (Å²) >= 11 is 0. The summed E-state index contributed by atoms with van der Waals surface area (Å²) in [6, 6.07) is 4.62. The molecule has 138 valence electrons. The van der Waals surface area contributed by atoms with Crippen molar-refractivity contribution in [2.24, 2.45) is 0 Å². The van der Waals surface area contributed by atoms with Gasteiger partial charge in [-0.05, 0) is 19.1 Å². The molecule has 1 aromatic carbocycles. The van der Waals surface area contributed by atoms with Crippen LogP contribution in [0.15, 0.2) is 18.2 Å². The van der Waals surface area contributed by atoms with Crippen LogP contribution >= 0.6 is 0 Å². The van der Waals surface area contributed by atoms with Crippen LogP contribution < -0.4 is 25.0 Å². The van der Waals surface area contributed by atoms with E-state index in [1.54, 1.807) is 44.4 Å². The molecule has 2 N–H and O–H groups in total. The number of amides is 3. The monoisotopic (exact) mass is 351 g/mol. The van der Waals surface area contributed by atoms with Gasteiger partial charge in [-0.15, -0.1) is 0 Å².